The number of hydrogen-bond donors (Lipinski definition) is 0. The second-order valence-corrected chi connectivity index (χ2v) is 7.45. The molecule has 35 heavy (non-hydrogen) atoms. The Hall–Kier alpha value is -4.86. The van der Waals surface area contributed by atoms with Gasteiger partial charge in [-0.25, -0.2) is 9.78 Å². The Balaban J connectivity index is 1.77. The molecular formula is C25H20N4O6. The fourth-order valence-corrected chi connectivity index (χ4v) is 3.39. The average Bonchev–Trinajstić information content (AvgIpc) is 2.88. The van der Waals surface area contributed by atoms with Crippen molar-refractivity contribution >= 4 is 28.8 Å². The lowest BCUT2D eigenvalue weighted by Crippen LogP contribution is -2.25. The Morgan fingerprint density at radius 2 is 1.83 bits per heavy atom. The highest BCUT2D eigenvalue weighted by Gasteiger charge is 2.22. The van der Waals surface area contributed by atoms with E-state index in [-0.39, 0.29) is 17.0 Å². The van der Waals surface area contributed by atoms with Crippen molar-refractivity contribution in [2.45, 2.75) is 13.0 Å². The molecule has 0 saturated carbocycles. The van der Waals surface area contributed by atoms with E-state index in [0.29, 0.717) is 27.9 Å². The van der Waals surface area contributed by atoms with E-state index < -0.39 is 17.0 Å². The molecule has 0 radical (unpaired) electrons. The Labute approximate surface area is 199 Å². The van der Waals surface area contributed by atoms with Gasteiger partial charge in [-0.1, -0.05) is 42.5 Å². The summed E-state index contributed by atoms with van der Waals surface area (Å²) < 4.78 is 11.1. The number of ether oxygens (including phenoxy) is 2. The zero-order valence-electron chi connectivity index (χ0n) is 18.8. The van der Waals surface area contributed by atoms with Gasteiger partial charge in [0.15, 0.2) is 17.7 Å². The quantitative estimate of drug-likeness (QED) is 0.173. The third kappa shape index (κ3) is 4.91. The van der Waals surface area contributed by atoms with E-state index in [1.165, 1.54) is 38.4 Å². The molecule has 0 fully saturated rings. The number of hydrogen-bond acceptors (Lipinski definition) is 8. The van der Waals surface area contributed by atoms with Gasteiger partial charge in [0.25, 0.3) is 5.56 Å². The average molecular weight is 472 g/mol. The molecule has 1 aromatic heterocycles. The Bertz CT molecular complexity index is 1500. The molecule has 0 aliphatic heterocycles. The van der Waals surface area contributed by atoms with Crippen molar-refractivity contribution in [2.24, 2.45) is 5.10 Å². The van der Waals surface area contributed by atoms with Crippen molar-refractivity contribution in [3.8, 4) is 17.1 Å². The van der Waals surface area contributed by atoms with Gasteiger partial charge in [0, 0.05) is 17.2 Å². The number of para-hydroxylation sites is 1. The maximum atomic E-state index is 13.2. The number of esters is 1. The summed E-state index contributed by atoms with van der Waals surface area (Å²) >= 11 is 0. The zero-order valence-corrected chi connectivity index (χ0v) is 18.8. The summed E-state index contributed by atoms with van der Waals surface area (Å²) in [5, 5.41) is 16.3. The molecule has 0 amide bonds. The summed E-state index contributed by atoms with van der Waals surface area (Å²) in [5.41, 5.74) is 0.802. The first-order chi connectivity index (χ1) is 16.9. The minimum Gasteiger partial charge on any atom is -0.472 e. The van der Waals surface area contributed by atoms with Gasteiger partial charge in [-0.05, 0) is 31.2 Å². The summed E-state index contributed by atoms with van der Waals surface area (Å²) in [7, 11) is 1.20. The molecule has 1 heterocycles. The number of nitro groups is 1. The summed E-state index contributed by atoms with van der Waals surface area (Å²) in [4.78, 5) is 40.4. The number of nitrogens with zero attached hydrogens (tertiary/aromatic N) is 4. The molecule has 10 heteroatoms. The highest BCUT2D eigenvalue weighted by Crippen LogP contribution is 2.29. The van der Waals surface area contributed by atoms with E-state index in [0.717, 1.165) is 4.68 Å². The van der Waals surface area contributed by atoms with Crippen molar-refractivity contribution in [2.75, 3.05) is 7.11 Å². The summed E-state index contributed by atoms with van der Waals surface area (Å²) in [5.74, 6) is -0.437. The Morgan fingerprint density at radius 3 is 2.54 bits per heavy atom. The normalized spacial score (nSPS) is 11.9. The van der Waals surface area contributed by atoms with Crippen LogP contribution in [0.3, 0.4) is 0 Å². The lowest BCUT2D eigenvalue weighted by Gasteiger charge is -2.12. The minimum absolute atomic E-state index is 0.0976. The summed E-state index contributed by atoms with van der Waals surface area (Å²) in [6.07, 6.45) is 0.291. The smallest absolute Gasteiger partial charge is 0.346 e. The number of fused-ring (bicyclic) bond motifs is 1. The first-order valence-corrected chi connectivity index (χ1v) is 10.5. The lowest BCUT2D eigenvalue weighted by atomic mass is 10.2. The van der Waals surface area contributed by atoms with E-state index in [1.54, 1.807) is 24.3 Å². The maximum Gasteiger partial charge on any atom is 0.346 e. The number of carbonyl (C=O) groups excluding carboxylic acids is 1. The van der Waals surface area contributed by atoms with Crippen LogP contribution in [0.2, 0.25) is 0 Å². The van der Waals surface area contributed by atoms with Gasteiger partial charge >= 0.3 is 11.7 Å². The molecule has 0 bridgehead atoms. The molecule has 0 aliphatic carbocycles. The molecule has 10 nitrogen and oxygen atoms in total. The number of benzene rings is 3. The molecular weight excluding hydrogens is 452 g/mol. The van der Waals surface area contributed by atoms with E-state index in [9.17, 15) is 19.7 Å². The highest BCUT2D eigenvalue weighted by molar-refractivity contribution is 5.83. The van der Waals surface area contributed by atoms with E-state index in [4.69, 9.17) is 4.74 Å². The van der Waals surface area contributed by atoms with Gasteiger partial charge in [-0.3, -0.25) is 14.9 Å². The van der Waals surface area contributed by atoms with Crippen molar-refractivity contribution in [3.63, 3.8) is 0 Å². The molecule has 4 rings (SSSR count). The summed E-state index contributed by atoms with van der Waals surface area (Å²) in [6, 6.07) is 20.2. The van der Waals surface area contributed by atoms with Crippen LogP contribution in [0.25, 0.3) is 22.3 Å². The maximum absolute atomic E-state index is 13.2. The molecule has 0 N–H and O–H groups in total. The van der Waals surface area contributed by atoms with Crippen LogP contribution in [-0.2, 0) is 9.53 Å². The zero-order chi connectivity index (χ0) is 24.9. The fourth-order valence-electron chi connectivity index (χ4n) is 3.39. The van der Waals surface area contributed by atoms with Crippen LogP contribution in [0.15, 0.2) is 82.7 Å². The fraction of sp³-hybridized carbons (Fsp3) is 0.120. The molecule has 176 valence electrons. The standard InChI is InChI=1S/C25H20N4O6/c1-16(25(31)34-2)35-22-13-12-17(14-21(22)29(32)33)15-26-28-23(18-8-4-3-5-9-18)27-20-11-7-6-10-19(20)24(28)30/h3-16H,1-2H3/t16-/m1/s1. The number of rotatable bonds is 7. The predicted octanol–water partition coefficient (Wildman–Crippen LogP) is 3.79. The van der Waals surface area contributed by atoms with E-state index >= 15 is 0 Å². The number of carbonyl (C=O) groups is 1. The SMILES string of the molecule is COC(=O)[C@@H](C)Oc1ccc(C=Nn2c(-c3ccccc3)nc3ccccc3c2=O)cc1[N+](=O)[O-]. The van der Waals surface area contributed by atoms with Crippen LogP contribution in [0.1, 0.15) is 12.5 Å². The minimum atomic E-state index is -1.03. The predicted molar refractivity (Wildman–Crippen MR) is 130 cm³/mol. The highest BCUT2D eigenvalue weighted by atomic mass is 16.6. The van der Waals surface area contributed by atoms with Gasteiger partial charge in [0.1, 0.15) is 0 Å². The number of nitro benzene ring substituents is 1. The van der Waals surface area contributed by atoms with Gasteiger partial charge in [-0.15, -0.1) is 0 Å². The van der Waals surface area contributed by atoms with Gasteiger partial charge in [-0.2, -0.15) is 9.78 Å². The molecule has 0 unspecified atom stereocenters. The van der Waals surface area contributed by atoms with Crippen molar-refractivity contribution in [3.05, 3.63) is 98.8 Å². The Kier molecular flexibility index (Phi) is 6.63. The monoisotopic (exact) mass is 472 g/mol. The largest absolute Gasteiger partial charge is 0.472 e. The number of aromatic nitrogens is 2. The van der Waals surface area contributed by atoms with Gasteiger partial charge in [0.05, 0.1) is 29.2 Å². The van der Waals surface area contributed by atoms with E-state index in [1.807, 2.05) is 30.3 Å². The molecule has 3 aromatic carbocycles. The topological polar surface area (TPSA) is 126 Å². The van der Waals surface area contributed by atoms with Crippen LogP contribution in [-0.4, -0.2) is 40.0 Å². The number of methoxy groups -OCH3 is 1. The first kappa shape index (κ1) is 23.3. The Morgan fingerprint density at radius 1 is 1.11 bits per heavy atom. The van der Waals surface area contributed by atoms with E-state index in [2.05, 4.69) is 14.8 Å². The van der Waals surface area contributed by atoms with Crippen LogP contribution in [0.5, 0.6) is 5.75 Å². The molecule has 0 aliphatic rings. The summed E-state index contributed by atoms with van der Waals surface area (Å²) in [6.45, 7) is 1.43. The lowest BCUT2D eigenvalue weighted by molar-refractivity contribution is -0.386. The van der Waals surface area contributed by atoms with Gasteiger partial charge in [0.2, 0.25) is 0 Å². The van der Waals surface area contributed by atoms with Crippen molar-refractivity contribution in [1.29, 1.82) is 0 Å². The van der Waals surface area contributed by atoms with Gasteiger partial charge < -0.3 is 9.47 Å². The van der Waals surface area contributed by atoms with Crippen LogP contribution < -0.4 is 10.3 Å². The first-order valence-electron chi connectivity index (χ1n) is 10.5. The second kappa shape index (κ2) is 9.96. The van der Waals surface area contributed by atoms with Crippen LogP contribution in [0.4, 0.5) is 5.69 Å². The second-order valence-electron chi connectivity index (χ2n) is 7.45. The molecule has 4 aromatic rings. The molecule has 0 spiro atoms. The van der Waals surface area contributed by atoms with Crippen molar-refractivity contribution < 1.29 is 19.2 Å². The van der Waals surface area contributed by atoms with Crippen molar-refractivity contribution in [1.82, 2.24) is 9.66 Å². The molecule has 1 atom stereocenters. The third-order valence-corrected chi connectivity index (χ3v) is 5.12. The third-order valence-electron chi connectivity index (χ3n) is 5.12. The van der Waals surface area contributed by atoms with Crippen LogP contribution >= 0.6 is 0 Å². The van der Waals surface area contributed by atoms with Crippen LogP contribution in [0, 0.1) is 10.1 Å². The molecule has 0 saturated heterocycles.